The lowest BCUT2D eigenvalue weighted by Gasteiger charge is -2.09. The standard InChI is InChI=1S/C10H13N.H2/c1-8(9(2)11)10-6-4-3-5-7-10;/h3-8H,2,11H2,1H3;1H. The molecule has 0 heterocycles. The molecule has 0 spiro atoms. The fourth-order valence-electron chi connectivity index (χ4n) is 0.956. The Labute approximate surface area is 69.0 Å². The van der Waals surface area contributed by atoms with Gasteiger partial charge in [0.25, 0.3) is 0 Å². The molecule has 0 amide bonds. The van der Waals surface area contributed by atoms with E-state index in [9.17, 15) is 0 Å². The van der Waals surface area contributed by atoms with E-state index in [-0.39, 0.29) is 7.34 Å². The first-order valence-electron chi connectivity index (χ1n) is 3.71. The number of nitrogens with two attached hydrogens (primary N) is 1. The van der Waals surface area contributed by atoms with E-state index in [0.29, 0.717) is 0 Å². The minimum Gasteiger partial charge on any atom is -0.402 e. The molecule has 0 aliphatic carbocycles. The Bertz CT molecular complexity index is 243. The second-order valence-corrected chi connectivity index (χ2v) is 2.71. The van der Waals surface area contributed by atoms with Crippen LogP contribution in [-0.2, 0) is 0 Å². The third-order valence-electron chi connectivity index (χ3n) is 1.86. The molecule has 1 nitrogen and oxygen atoms in total. The van der Waals surface area contributed by atoms with Crippen LogP contribution < -0.4 is 5.73 Å². The van der Waals surface area contributed by atoms with E-state index < -0.39 is 0 Å². The van der Waals surface area contributed by atoms with Gasteiger partial charge in [0.1, 0.15) is 0 Å². The molecule has 1 unspecified atom stereocenters. The van der Waals surface area contributed by atoms with Crippen molar-refractivity contribution in [3.05, 3.63) is 48.2 Å². The molecular formula is C10H15N. The Morgan fingerprint density at radius 3 is 2.45 bits per heavy atom. The van der Waals surface area contributed by atoms with Crippen molar-refractivity contribution in [3.8, 4) is 0 Å². The Kier molecular flexibility index (Phi) is 2.32. The van der Waals surface area contributed by atoms with Crippen molar-refractivity contribution in [3.63, 3.8) is 0 Å². The van der Waals surface area contributed by atoms with Gasteiger partial charge in [-0.05, 0) is 5.56 Å². The van der Waals surface area contributed by atoms with Crippen molar-refractivity contribution >= 4 is 0 Å². The summed E-state index contributed by atoms with van der Waals surface area (Å²) in [6, 6.07) is 10.1. The molecule has 1 rings (SSSR count). The first-order valence-corrected chi connectivity index (χ1v) is 3.71. The molecule has 0 aliphatic rings. The van der Waals surface area contributed by atoms with Gasteiger partial charge in [-0.15, -0.1) is 0 Å². The van der Waals surface area contributed by atoms with E-state index in [4.69, 9.17) is 5.73 Å². The van der Waals surface area contributed by atoms with Crippen LogP contribution in [0.15, 0.2) is 42.6 Å². The second-order valence-electron chi connectivity index (χ2n) is 2.71. The first kappa shape index (κ1) is 7.86. The molecule has 1 heteroatoms. The topological polar surface area (TPSA) is 26.0 Å². The molecule has 0 fully saturated rings. The lowest BCUT2D eigenvalue weighted by Crippen LogP contribution is -2.04. The number of hydrogen-bond acceptors (Lipinski definition) is 1. The Balaban J connectivity index is 0.00000121. The van der Waals surface area contributed by atoms with Crippen LogP contribution in [0, 0.1) is 0 Å². The average molecular weight is 149 g/mol. The summed E-state index contributed by atoms with van der Waals surface area (Å²) in [6.07, 6.45) is 0. The zero-order valence-corrected chi connectivity index (χ0v) is 6.75. The molecule has 2 N–H and O–H groups in total. The zero-order valence-electron chi connectivity index (χ0n) is 6.75. The number of allylic oxidation sites excluding steroid dienone is 1. The van der Waals surface area contributed by atoms with Gasteiger partial charge in [0, 0.05) is 13.0 Å². The largest absolute Gasteiger partial charge is 0.402 e. The summed E-state index contributed by atoms with van der Waals surface area (Å²) < 4.78 is 0. The molecule has 11 heavy (non-hydrogen) atoms. The monoisotopic (exact) mass is 149 g/mol. The maximum absolute atomic E-state index is 5.57. The van der Waals surface area contributed by atoms with Gasteiger partial charge in [-0.2, -0.15) is 0 Å². The van der Waals surface area contributed by atoms with Gasteiger partial charge < -0.3 is 5.73 Å². The highest BCUT2D eigenvalue weighted by atomic mass is 14.6. The average Bonchev–Trinajstić information content (AvgIpc) is 2.05. The van der Waals surface area contributed by atoms with Gasteiger partial charge in [0.15, 0.2) is 0 Å². The number of benzene rings is 1. The van der Waals surface area contributed by atoms with Crippen molar-refractivity contribution in [1.29, 1.82) is 0 Å². The fraction of sp³-hybridized carbons (Fsp3) is 0.200. The number of hydrogen-bond donors (Lipinski definition) is 1. The van der Waals surface area contributed by atoms with Gasteiger partial charge in [-0.1, -0.05) is 43.8 Å². The normalized spacial score (nSPS) is 12.5. The van der Waals surface area contributed by atoms with E-state index in [0.717, 1.165) is 5.70 Å². The van der Waals surface area contributed by atoms with Crippen molar-refractivity contribution in [1.82, 2.24) is 0 Å². The van der Waals surface area contributed by atoms with Crippen LogP contribution >= 0.6 is 0 Å². The molecule has 0 saturated carbocycles. The molecule has 0 aliphatic heterocycles. The first-order chi connectivity index (χ1) is 5.22. The molecule has 1 aromatic rings. The Morgan fingerprint density at radius 2 is 2.00 bits per heavy atom. The maximum atomic E-state index is 5.57. The molecule has 0 aromatic heterocycles. The summed E-state index contributed by atoms with van der Waals surface area (Å²) >= 11 is 0. The van der Waals surface area contributed by atoms with Gasteiger partial charge in [-0.3, -0.25) is 0 Å². The van der Waals surface area contributed by atoms with Crippen LogP contribution in [-0.4, -0.2) is 0 Å². The second kappa shape index (κ2) is 3.24. The lowest BCUT2D eigenvalue weighted by molar-refractivity contribution is 0.883. The maximum Gasteiger partial charge on any atom is 0.0201 e. The Morgan fingerprint density at radius 1 is 1.45 bits per heavy atom. The van der Waals surface area contributed by atoms with Gasteiger partial charge in [0.05, 0.1) is 0 Å². The van der Waals surface area contributed by atoms with Crippen LogP contribution in [0.2, 0.25) is 0 Å². The van der Waals surface area contributed by atoms with Gasteiger partial charge in [-0.25, -0.2) is 0 Å². The van der Waals surface area contributed by atoms with Crippen LogP contribution in [0.25, 0.3) is 0 Å². The minimum absolute atomic E-state index is 0. The summed E-state index contributed by atoms with van der Waals surface area (Å²) in [7, 11) is 0. The highest BCUT2D eigenvalue weighted by Crippen LogP contribution is 2.17. The van der Waals surface area contributed by atoms with E-state index in [1.165, 1.54) is 5.56 Å². The summed E-state index contributed by atoms with van der Waals surface area (Å²) in [5, 5.41) is 0. The van der Waals surface area contributed by atoms with Gasteiger partial charge >= 0.3 is 0 Å². The number of rotatable bonds is 2. The van der Waals surface area contributed by atoms with E-state index in [2.05, 4.69) is 25.6 Å². The van der Waals surface area contributed by atoms with Crippen LogP contribution in [0.3, 0.4) is 0 Å². The zero-order chi connectivity index (χ0) is 8.27. The van der Waals surface area contributed by atoms with Crippen molar-refractivity contribution in [2.24, 2.45) is 5.73 Å². The van der Waals surface area contributed by atoms with Gasteiger partial charge in [0.2, 0.25) is 0 Å². The van der Waals surface area contributed by atoms with Crippen LogP contribution in [0.5, 0.6) is 0 Å². The summed E-state index contributed by atoms with van der Waals surface area (Å²) in [4.78, 5) is 0. The van der Waals surface area contributed by atoms with Crippen LogP contribution in [0.1, 0.15) is 19.8 Å². The summed E-state index contributed by atoms with van der Waals surface area (Å²) in [5.74, 6) is 0.260. The predicted octanol–water partition coefficient (Wildman–Crippen LogP) is 2.51. The molecule has 0 bridgehead atoms. The van der Waals surface area contributed by atoms with E-state index in [1.807, 2.05) is 18.2 Å². The minimum atomic E-state index is 0. The van der Waals surface area contributed by atoms with Crippen molar-refractivity contribution in [2.45, 2.75) is 12.8 Å². The predicted molar refractivity (Wildman–Crippen MR) is 50.3 cm³/mol. The third kappa shape index (κ3) is 1.84. The van der Waals surface area contributed by atoms with E-state index >= 15 is 0 Å². The SMILES string of the molecule is C=C(N)C(C)c1ccccc1.[HH]. The third-order valence-corrected chi connectivity index (χ3v) is 1.86. The molecule has 60 valence electrons. The van der Waals surface area contributed by atoms with E-state index in [1.54, 1.807) is 0 Å². The van der Waals surface area contributed by atoms with Crippen molar-refractivity contribution < 1.29 is 1.43 Å². The highest BCUT2D eigenvalue weighted by Gasteiger charge is 2.03. The highest BCUT2D eigenvalue weighted by molar-refractivity contribution is 5.24. The smallest absolute Gasteiger partial charge is 0.0201 e. The Hall–Kier alpha value is -1.24. The fourth-order valence-corrected chi connectivity index (χ4v) is 0.956. The quantitative estimate of drug-likeness (QED) is 0.687. The summed E-state index contributed by atoms with van der Waals surface area (Å²) in [5.41, 5.74) is 7.51. The van der Waals surface area contributed by atoms with Crippen LogP contribution in [0.4, 0.5) is 0 Å². The molecule has 1 atom stereocenters. The molecule has 0 radical (unpaired) electrons. The molecule has 1 aromatic carbocycles. The van der Waals surface area contributed by atoms with Crippen molar-refractivity contribution in [2.75, 3.05) is 0 Å². The molecular weight excluding hydrogens is 134 g/mol. The molecule has 0 saturated heterocycles. The lowest BCUT2D eigenvalue weighted by atomic mass is 9.99. The summed E-state index contributed by atoms with van der Waals surface area (Å²) in [6.45, 7) is 5.76.